The van der Waals surface area contributed by atoms with Crippen molar-refractivity contribution >= 4 is 61.1 Å². The van der Waals surface area contributed by atoms with Crippen LogP contribution in [-0.4, -0.2) is 0 Å². The zero-order valence-electron chi connectivity index (χ0n) is 29.6. The van der Waals surface area contributed by atoms with Crippen LogP contribution in [0.4, 0.5) is 17.1 Å². The lowest BCUT2D eigenvalue weighted by Gasteiger charge is -2.35. The van der Waals surface area contributed by atoms with E-state index < -0.39 is 0 Å². The molecule has 0 unspecified atom stereocenters. The van der Waals surface area contributed by atoms with Crippen molar-refractivity contribution in [1.29, 1.82) is 0 Å². The highest BCUT2D eigenvalue weighted by atomic mass is 32.2. The molecule has 1 aliphatic carbocycles. The van der Waals surface area contributed by atoms with Crippen LogP contribution in [0, 0.1) is 0 Å². The number of hydrogen-bond acceptors (Lipinski definition) is 2. The number of rotatable bonds is 3. The van der Waals surface area contributed by atoms with E-state index in [4.69, 9.17) is 0 Å². The fraction of sp³-hybridized carbons (Fsp3) is 0.0588. The molecule has 0 saturated carbocycles. The fourth-order valence-corrected chi connectivity index (χ4v) is 10.2. The summed E-state index contributed by atoms with van der Waals surface area (Å²) in [6.45, 7) is 4.76. The Morgan fingerprint density at radius 3 is 1.81 bits per heavy atom. The van der Waals surface area contributed by atoms with Crippen LogP contribution in [0.5, 0.6) is 0 Å². The molecule has 0 bridgehead atoms. The molecule has 0 saturated heterocycles. The zero-order chi connectivity index (χ0) is 35.3. The first-order chi connectivity index (χ1) is 26.1. The molecule has 9 aromatic rings. The minimum atomic E-state index is -0.0967. The smallest absolute Gasteiger partial charge is 0.0619 e. The third-order valence-corrected chi connectivity index (χ3v) is 12.8. The monoisotopic (exact) mass is 693 g/mol. The Bertz CT molecular complexity index is 2920. The Morgan fingerprint density at radius 2 is 1.00 bits per heavy atom. The van der Waals surface area contributed by atoms with Crippen LogP contribution < -0.4 is 4.90 Å². The van der Waals surface area contributed by atoms with E-state index in [1.54, 1.807) is 0 Å². The second-order valence-corrected chi connectivity index (χ2v) is 15.9. The molecule has 0 amide bonds. The molecule has 250 valence electrons. The highest BCUT2D eigenvalue weighted by molar-refractivity contribution is 7.99. The van der Waals surface area contributed by atoms with Gasteiger partial charge in [0, 0.05) is 26.0 Å². The van der Waals surface area contributed by atoms with Crippen LogP contribution in [0.2, 0.25) is 0 Å². The number of para-hydroxylation sites is 2. The van der Waals surface area contributed by atoms with Gasteiger partial charge in [0.15, 0.2) is 0 Å². The molecule has 0 radical (unpaired) electrons. The molecule has 0 spiro atoms. The average molecular weight is 694 g/mol. The zero-order valence-corrected chi connectivity index (χ0v) is 30.4. The third kappa shape index (κ3) is 4.46. The van der Waals surface area contributed by atoms with Crippen molar-refractivity contribution in [2.45, 2.75) is 29.1 Å². The van der Waals surface area contributed by atoms with Gasteiger partial charge >= 0.3 is 0 Å². The molecule has 2 heteroatoms. The summed E-state index contributed by atoms with van der Waals surface area (Å²) in [7, 11) is 0. The highest BCUT2D eigenvalue weighted by Gasteiger charge is 2.36. The van der Waals surface area contributed by atoms with Crippen molar-refractivity contribution in [2.75, 3.05) is 4.90 Å². The lowest BCUT2D eigenvalue weighted by Crippen LogP contribution is -2.16. The van der Waals surface area contributed by atoms with E-state index in [1.807, 2.05) is 11.8 Å². The van der Waals surface area contributed by atoms with Crippen molar-refractivity contribution in [3.63, 3.8) is 0 Å². The lowest BCUT2D eigenvalue weighted by atomic mass is 9.80. The minimum Gasteiger partial charge on any atom is -0.307 e. The molecule has 0 fully saturated rings. The summed E-state index contributed by atoms with van der Waals surface area (Å²) in [6.07, 6.45) is 0. The molecule has 9 aromatic carbocycles. The first-order valence-electron chi connectivity index (χ1n) is 18.4. The van der Waals surface area contributed by atoms with E-state index in [9.17, 15) is 0 Å². The number of hydrogen-bond donors (Lipinski definition) is 0. The summed E-state index contributed by atoms with van der Waals surface area (Å²) in [5.74, 6) is 0. The maximum Gasteiger partial charge on any atom is 0.0619 e. The van der Waals surface area contributed by atoms with Crippen LogP contribution in [-0.2, 0) is 5.41 Å². The molecule has 53 heavy (non-hydrogen) atoms. The van der Waals surface area contributed by atoms with Gasteiger partial charge in [0.2, 0.25) is 0 Å². The largest absolute Gasteiger partial charge is 0.307 e. The minimum absolute atomic E-state index is 0.0967. The molecule has 0 aromatic heterocycles. The summed E-state index contributed by atoms with van der Waals surface area (Å²) >= 11 is 1.86. The number of benzene rings is 9. The van der Waals surface area contributed by atoms with Crippen molar-refractivity contribution in [2.24, 2.45) is 0 Å². The molecule has 1 heterocycles. The predicted molar refractivity (Wildman–Crippen MR) is 226 cm³/mol. The van der Waals surface area contributed by atoms with Gasteiger partial charge in [-0.25, -0.2) is 0 Å². The van der Waals surface area contributed by atoms with Crippen molar-refractivity contribution in [1.82, 2.24) is 0 Å². The van der Waals surface area contributed by atoms with Crippen LogP contribution in [0.3, 0.4) is 0 Å². The Hall–Kier alpha value is -6.09. The normalized spacial score (nSPS) is 13.9. The summed E-state index contributed by atoms with van der Waals surface area (Å²) in [5, 5.41) is 7.51. The van der Waals surface area contributed by atoms with Gasteiger partial charge in [-0.15, -0.1) is 0 Å². The van der Waals surface area contributed by atoms with Crippen LogP contribution in [0.1, 0.15) is 25.0 Å². The second-order valence-electron chi connectivity index (χ2n) is 14.9. The summed E-state index contributed by atoms with van der Waals surface area (Å²) in [5.41, 5.74) is 14.0. The molecule has 2 aliphatic rings. The summed E-state index contributed by atoms with van der Waals surface area (Å²) in [6, 6.07) is 65.5. The van der Waals surface area contributed by atoms with Crippen LogP contribution in [0.25, 0.3) is 65.7 Å². The quantitative estimate of drug-likeness (QED) is 0.170. The Labute approximate surface area is 314 Å². The topological polar surface area (TPSA) is 3.24 Å². The van der Waals surface area contributed by atoms with E-state index in [1.165, 1.54) is 104 Å². The second kappa shape index (κ2) is 11.5. The van der Waals surface area contributed by atoms with Gasteiger partial charge in [-0.05, 0) is 102 Å². The van der Waals surface area contributed by atoms with E-state index in [0.29, 0.717) is 0 Å². The number of anilines is 3. The summed E-state index contributed by atoms with van der Waals surface area (Å²) in [4.78, 5) is 5.05. The number of nitrogens with zero attached hydrogens (tertiary/aromatic N) is 1. The molecule has 1 aliphatic heterocycles. The standard InChI is InChI=1S/C51H35NS/c1-51(2)43-21-8-7-17-37(43)38-28-27-34(31-44(38)51)49-39-18-5-6-19-40(39)50(52-45-22-9-11-24-47(45)53-48-25-12-10-23-46(48)52)41-29-26-33(30-42(41)49)36-20-13-15-32-14-3-4-16-35(32)36/h3-31H,1-2H3. The van der Waals surface area contributed by atoms with E-state index in [-0.39, 0.29) is 5.41 Å². The molecule has 1 nitrogen and oxygen atoms in total. The Morgan fingerprint density at radius 1 is 0.415 bits per heavy atom. The highest BCUT2D eigenvalue weighted by Crippen LogP contribution is 2.56. The van der Waals surface area contributed by atoms with Gasteiger partial charge in [-0.3, -0.25) is 0 Å². The van der Waals surface area contributed by atoms with E-state index >= 15 is 0 Å². The van der Waals surface area contributed by atoms with Gasteiger partial charge in [0.1, 0.15) is 0 Å². The van der Waals surface area contributed by atoms with Crippen LogP contribution in [0.15, 0.2) is 186 Å². The van der Waals surface area contributed by atoms with Gasteiger partial charge < -0.3 is 4.90 Å². The molecule has 0 atom stereocenters. The van der Waals surface area contributed by atoms with Gasteiger partial charge in [0.05, 0.1) is 17.1 Å². The lowest BCUT2D eigenvalue weighted by molar-refractivity contribution is 0.660. The maximum atomic E-state index is 2.52. The Kier molecular flexibility index (Phi) is 6.60. The third-order valence-electron chi connectivity index (χ3n) is 11.6. The summed E-state index contributed by atoms with van der Waals surface area (Å²) < 4.78 is 0. The van der Waals surface area contributed by atoms with Gasteiger partial charge in [0.25, 0.3) is 0 Å². The van der Waals surface area contributed by atoms with Gasteiger partial charge in [-0.2, -0.15) is 0 Å². The van der Waals surface area contributed by atoms with Crippen molar-refractivity contribution in [3.05, 3.63) is 187 Å². The SMILES string of the molecule is CC1(C)c2ccccc2-c2ccc(-c3c4ccccc4c(N4c5ccccc5Sc5ccccc54)c4ccc(-c5cccc6ccccc56)cc34)cc21. The number of fused-ring (bicyclic) bond motifs is 8. The molecule has 11 rings (SSSR count). The van der Waals surface area contributed by atoms with Crippen molar-refractivity contribution in [3.8, 4) is 33.4 Å². The van der Waals surface area contributed by atoms with E-state index in [0.717, 1.165) is 0 Å². The first-order valence-corrected chi connectivity index (χ1v) is 19.3. The molecular formula is C51H35NS. The van der Waals surface area contributed by atoms with Crippen LogP contribution >= 0.6 is 11.8 Å². The van der Waals surface area contributed by atoms with E-state index in [2.05, 4.69) is 195 Å². The Balaban J connectivity index is 1.26. The van der Waals surface area contributed by atoms with Gasteiger partial charge in [-0.1, -0.05) is 165 Å². The maximum absolute atomic E-state index is 2.52. The molecular weight excluding hydrogens is 659 g/mol. The first kappa shape index (κ1) is 30.5. The molecule has 0 N–H and O–H groups in total. The fourth-order valence-electron chi connectivity index (χ4n) is 9.16. The average Bonchev–Trinajstić information content (AvgIpc) is 3.44. The van der Waals surface area contributed by atoms with Crippen molar-refractivity contribution < 1.29 is 0 Å². The predicted octanol–water partition coefficient (Wildman–Crippen LogP) is 14.7.